The molecular formula is C14H21NO4. The summed E-state index contributed by atoms with van der Waals surface area (Å²) in [5, 5.41) is 9.46. The summed E-state index contributed by atoms with van der Waals surface area (Å²) in [4.78, 5) is 25.7. The smallest absolute Gasteiger partial charge is 0.326 e. The molecule has 0 aromatic heterocycles. The van der Waals surface area contributed by atoms with Gasteiger partial charge in [-0.2, -0.15) is 0 Å². The van der Waals surface area contributed by atoms with Gasteiger partial charge in [-0.05, 0) is 38.0 Å². The fourth-order valence-corrected chi connectivity index (χ4v) is 4.12. The zero-order valence-electron chi connectivity index (χ0n) is 11.2. The highest BCUT2D eigenvalue weighted by Crippen LogP contribution is 2.43. The third kappa shape index (κ3) is 2.04. The Hall–Kier alpha value is -1.10. The molecule has 1 saturated carbocycles. The highest BCUT2D eigenvalue weighted by molar-refractivity contribution is 5.86. The first-order chi connectivity index (χ1) is 9.09. The van der Waals surface area contributed by atoms with Crippen molar-refractivity contribution in [2.45, 2.75) is 44.8 Å². The van der Waals surface area contributed by atoms with E-state index in [0.717, 1.165) is 25.7 Å². The van der Waals surface area contributed by atoms with Gasteiger partial charge in [-0.25, -0.2) is 4.79 Å². The molecule has 0 aromatic rings. The molecule has 2 aliphatic heterocycles. The fraction of sp³-hybridized carbons (Fsp3) is 0.857. The third-order valence-electron chi connectivity index (χ3n) is 5.12. The minimum absolute atomic E-state index is 0.00759. The van der Waals surface area contributed by atoms with Gasteiger partial charge in [0.25, 0.3) is 0 Å². The van der Waals surface area contributed by atoms with Gasteiger partial charge in [0.15, 0.2) is 0 Å². The van der Waals surface area contributed by atoms with Gasteiger partial charge in [0.2, 0.25) is 5.91 Å². The van der Waals surface area contributed by atoms with Crippen LogP contribution in [0.3, 0.4) is 0 Å². The number of carboxylic acids is 1. The summed E-state index contributed by atoms with van der Waals surface area (Å²) in [5.41, 5.74) is 0. The maximum atomic E-state index is 12.6. The van der Waals surface area contributed by atoms with Crippen molar-refractivity contribution in [1.82, 2.24) is 4.90 Å². The molecule has 1 aliphatic carbocycles. The summed E-state index contributed by atoms with van der Waals surface area (Å²) < 4.78 is 5.44. The van der Waals surface area contributed by atoms with Gasteiger partial charge in [-0.15, -0.1) is 0 Å². The van der Waals surface area contributed by atoms with Gasteiger partial charge in [0.05, 0.1) is 12.0 Å². The predicted octanol–water partition coefficient (Wildman–Crippen LogP) is 1.12. The molecule has 1 amide bonds. The molecular weight excluding hydrogens is 246 g/mol. The highest BCUT2D eigenvalue weighted by Gasteiger charge is 2.51. The molecule has 0 radical (unpaired) electrons. The third-order valence-corrected chi connectivity index (χ3v) is 5.12. The molecule has 5 unspecified atom stereocenters. The Bertz CT molecular complexity index is 397. The van der Waals surface area contributed by atoms with E-state index in [4.69, 9.17) is 4.74 Å². The number of nitrogens with zero attached hydrogens (tertiary/aromatic N) is 1. The number of carboxylic acid groups (broad SMARTS) is 1. The van der Waals surface area contributed by atoms with Crippen LogP contribution in [0, 0.1) is 17.8 Å². The molecule has 0 bridgehead atoms. The van der Waals surface area contributed by atoms with Crippen molar-refractivity contribution >= 4 is 11.9 Å². The Morgan fingerprint density at radius 1 is 1.26 bits per heavy atom. The lowest BCUT2D eigenvalue weighted by atomic mass is 9.94. The second kappa shape index (κ2) is 4.78. The van der Waals surface area contributed by atoms with E-state index >= 15 is 0 Å². The van der Waals surface area contributed by atoms with Crippen LogP contribution in [0.4, 0.5) is 0 Å². The van der Waals surface area contributed by atoms with E-state index < -0.39 is 12.0 Å². The maximum Gasteiger partial charge on any atom is 0.326 e. The van der Waals surface area contributed by atoms with Gasteiger partial charge < -0.3 is 14.7 Å². The molecule has 3 fully saturated rings. The van der Waals surface area contributed by atoms with Crippen LogP contribution < -0.4 is 0 Å². The molecule has 2 heterocycles. The zero-order chi connectivity index (χ0) is 13.6. The van der Waals surface area contributed by atoms with Gasteiger partial charge in [0.1, 0.15) is 6.04 Å². The minimum atomic E-state index is -0.839. The van der Waals surface area contributed by atoms with Crippen LogP contribution in [0.15, 0.2) is 0 Å². The van der Waals surface area contributed by atoms with Crippen molar-refractivity contribution < 1.29 is 19.4 Å². The molecule has 2 saturated heterocycles. The van der Waals surface area contributed by atoms with E-state index in [-0.39, 0.29) is 23.8 Å². The van der Waals surface area contributed by atoms with Gasteiger partial charge in [-0.3, -0.25) is 4.79 Å². The van der Waals surface area contributed by atoms with Crippen molar-refractivity contribution in [3.05, 3.63) is 0 Å². The number of aliphatic carboxylic acids is 1. The van der Waals surface area contributed by atoms with Gasteiger partial charge >= 0.3 is 5.97 Å². The molecule has 3 rings (SSSR count). The van der Waals surface area contributed by atoms with Crippen LogP contribution in [-0.4, -0.2) is 47.2 Å². The largest absolute Gasteiger partial charge is 0.480 e. The van der Waals surface area contributed by atoms with Crippen LogP contribution in [0.25, 0.3) is 0 Å². The second-order valence-electron chi connectivity index (χ2n) is 6.10. The zero-order valence-corrected chi connectivity index (χ0v) is 11.2. The maximum absolute atomic E-state index is 12.6. The van der Waals surface area contributed by atoms with E-state index in [9.17, 15) is 14.7 Å². The number of fused-ring (bicyclic) bond motifs is 1. The molecule has 5 heteroatoms. The van der Waals surface area contributed by atoms with E-state index in [1.54, 1.807) is 4.90 Å². The summed E-state index contributed by atoms with van der Waals surface area (Å²) in [6, 6.07) is -0.604. The average molecular weight is 267 g/mol. The molecule has 5 nitrogen and oxygen atoms in total. The Morgan fingerprint density at radius 2 is 2.05 bits per heavy atom. The number of likely N-dealkylation sites (tertiary alicyclic amines) is 1. The number of ether oxygens (including phenoxy) is 1. The summed E-state index contributed by atoms with van der Waals surface area (Å²) in [6.45, 7) is 3.14. The van der Waals surface area contributed by atoms with Crippen molar-refractivity contribution in [3.8, 4) is 0 Å². The van der Waals surface area contributed by atoms with E-state index in [0.29, 0.717) is 19.1 Å². The minimum Gasteiger partial charge on any atom is -0.480 e. The highest BCUT2D eigenvalue weighted by atomic mass is 16.5. The lowest BCUT2D eigenvalue weighted by molar-refractivity contribution is -0.152. The molecule has 19 heavy (non-hydrogen) atoms. The van der Waals surface area contributed by atoms with Crippen LogP contribution in [0.2, 0.25) is 0 Å². The Kier molecular flexibility index (Phi) is 3.25. The predicted molar refractivity (Wildman–Crippen MR) is 67.5 cm³/mol. The van der Waals surface area contributed by atoms with Crippen LogP contribution >= 0.6 is 0 Å². The average Bonchev–Trinajstić information content (AvgIpc) is 3.00. The molecule has 1 N–H and O–H groups in total. The first-order valence-electron chi connectivity index (χ1n) is 7.24. The van der Waals surface area contributed by atoms with Crippen LogP contribution in [0.5, 0.6) is 0 Å². The number of carbonyl (C=O) groups is 2. The second-order valence-corrected chi connectivity index (χ2v) is 6.10. The van der Waals surface area contributed by atoms with E-state index in [1.807, 2.05) is 6.92 Å². The first kappa shape index (κ1) is 12.9. The Balaban J connectivity index is 1.79. The molecule has 0 spiro atoms. The van der Waals surface area contributed by atoms with Gasteiger partial charge in [-0.1, -0.05) is 6.42 Å². The summed E-state index contributed by atoms with van der Waals surface area (Å²) in [7, 11) is 0. The lowest BCUT2D eigenvalue weighted by Crippen LogP contribution is -2.47. The topological polar surface area (TPSA) is 66.8 Å². The Morgan fingerprint density at radius 3 is 2.68 bits per heavy atom. The van der Waals surface area contributed by atoms with Crippen molar-refractivity contribution in [2.75, 3.05) is 13.2 Å². The number of amides is 1. The van der Waals surface area contributed by atoms with E-state index in [1.165, 1.54) is 0 Å². The van der Waals surface area contributed by atoms with Crippen molar-refractivity contribution in [2.24, 2.45) is 17.8 Å². The summed E-state index contributed by atoms with van der Waals surface area (Å²) in [6.07, 6.45) is 3.75. The molecule has 5 atom stereocenters. The molecule has 3 aliphatic rings. The Labute approximate surface area is 112 Å². The fourth-order valence-electron chi connectivity index (χ4n) is 4.12. The molecule has 106 valence electrons. The standard InChI is InChI=1S/C14H21NO4/c1-8-10(5-6-19-8)13(16)15-7-9-3-2-4-11(9)12(15)14(17)18/h8-12H,2-7H2,1H3,(H,17,18). The van der Waals surface area contributed by atoms with Crippen LogP contribution in [-0.2, 0) is 14.3 Å². The normalized spacial score (nSPS) is 41.5. The number of hydrogen-bond donors (Lipinski definition) is 1. The first-order valence-corrected chi connectivity index (χ1v) is 7.24. The van der Waals surface area contributed by atoms with Crippen LogP contribution in [0.1, 0.15) is 32.6 Å². The quantitative estimate of drug-likeness (QED) is 0.814. The number of rotatable bonds is 2. The van der Waals surface area contributed by atoms with E-state index in [2.05, 4.69) is 0 Å². The molecule has 0 aromatic carbocycles. The van der Waals surface area contributed by atoms with Crippen molar-refractivity contribution in [1.29, 1.82) is 0 Å². The van der Waals surface area contributed by atoms with Crippen molar-refractivity contribution in [3.63, 3.8) is 0 Å². The number of carbonyl (C=O) groups excluding carboxylic acids is 1. The monoisotopic (exact) mass is 267 g/mol. The summed E-state index contributed by atoms with van der Waals surface area (Å²) in [5.74, 6) is -0.441. The summed E-state index contributed by atoms with van der Waals surface area (Å²) >= 11 is 0. The SMILES string of the molecule is CC1OCCC1C(=O)N1CC2CCCC2C1C(=O)O. The van der Waals surface area contributed by atoms with Gasteiger partial charge in [0, 0.05) is 13.2 Å². The number of hydrogen-bond acceptors (Lipinski definition) is 3. The lowest BCUT2D eigenvalue weighted by Gasteiger charge is -2.28.